The lowest BCUT2D eigenvalue weighted by atomic mass is 10.0. The zero-order valence-corrected chi connectivity index (χ0v) is 15.8. The summed E-state index contributed by atoms with van der Waals surface area (Å²) >= 11 is 0. The summed E-state index contributed by atoms with van der Waals surface area (Å²) in [4.78, 5) is 8.70. The number of hydrogen-bond acceptors (Lipinski definition) is 4. The molecule has 0 saturated carbocycles. The van der Waals surface area contributed by atoms with Gasteiger partial charge < -0.3 is 5.32 Å². The minimum atomic E-state index is -0.290. The van der Waals surface area contributed by atoms with Crippen molar-refractivity contribution in [2.45, 2.75) is 46.7 Å². The van der Waals surface area contributed by atoms with Crippen molar-refractivity contribution in [1.29, 1.82) is 0 Å². The van der Waals surface area contributed by atoms with E-state index in [0.717, 1.165) is 28.2 Å². The molecule has 1 aromatic carbocycles. The normalized spacial score (nSPS) is 13.6. The predicted molar refractivity (Wildman–Crippen MR) is 99.7 cm³/mol. The van der Waals surface area contributed by atoms with Crippen LogP contribution in [0.2, 0.25) is 0 Å². The monoisotopic (exact) mass is 353 g/mol. The lowest BCUT2D eigenvalue weighted by molar-refractivity contribution is 0.487. The van der Waals surface area contributed by atoms with Gasteiger partial charge in [-0.1, -0.05) is 6.07 Å². The molecule has 3 aromatic rings. The van der Waals surface area contributed by atoms with Gasteiger partial charge in [0.15, 0.2) is 0 Å². The van der Waals surface area contributed by atoms with Gasteiger partial charge in [0.2, 0.25) is 0 Å². The zero-order valence-electron chi connectivity index (χ0n) is 15.8. The van der Waals surface area contributed by atoms with Gasteiger partial charge in [-0.15, -0.1) is 0 Å². The van der Waals surface area contributed by atoms with Crippen molar-refractivity contribution in [2.75, 3.05) is 0 Å². The van der Waals surface area contributed by atoms with E-state index in [2.05, 4.69) is 27.3 Å². The van der Waals surface area contributed by atoms with Crippen LogP contribution < -0.4 is 5.32 Å². The van der Waals surface area contributed by atoms with E-state index in [4.69, 9.17) is 0 Å². The lowest BCUT2D eigenvalue weighted by Crippen LogP contribution is -2.24. The third-order valence-electron chi connectivity index (χ3n) is 4.53. The van der Waals surface area contributed by atoms with E-state index in [1.54, 1.807) is 23.0 Å². The Morgan fingerprint density at radius 1 is 1.08 bits per heavy atom. The molecule has 5 nitrogen and oxygen atoms in total. The van der Waals surface area contributed by atoms with Gasteiger partial charge in [-0.2, -0.15) is 5.10 Å². The van der Waals surface area contributed by atoms with Gasteiger partial charge >= 0.3 is 0 Å². The van der Waals surface area contributed by atoms with E-state index in [1.165, 1.54) is 0 Å². The summed E-state index contributed by atoms with van der Waals surface area (Å²) in [5.41, 5.74) is 4.33. The number of halogens is 1. The SMILES string of the molecule is Cc1cnn(-c2ccc([C@H](C)N[C@@H](C)c3cnc(C)nc3C)cc2F)c1. The third kappa shape index (κ3) is 3.80. The molecule has 26 heavy (non-hydrogen) atoms. The lowest BCUT2D eigenvalue weighted by Gasteiger charge is -2.22. The molecule has 0 aliphatic carbocycles. The first-order valence-corrected chi connectivity index (χ1v) is 8.72. The third-order valence-corrected chi connectivity index (χ3v) is 4.53. The molecule has 2 atom stereocenters. The molecule has 0 unspecified atom stereocenters. The maximum absolute atomic E-state index is 14.6. The molecule has 0 aliphatic heterocycles. The van der Waals surface area contributed by atoms with Gasteiger partial charge in [-0.25, -0.2) is 19.0 Å². The van der Waals surface area contributed by atoms with Gasteiger partial charge in [0.05, 0.1) is 6.20 Å². The molecule has 0 amide bonds. The van der Waals surface area contributed by atoms with Crippen LogP contribution in [0.5, 0.6) is 0 Å². The molecule has 0 bridgehead atoms. The van der Waals surface area contributed by atoms with Gasteiger partial charge in [0.1, 0.15) is 17.3 Å². The first-order valence-electron chi connectivity index (χ1n) is 8.72. The van der Waals surface area contributed by atoms with Gasteiger partial charge in [-0.05, 0) is 57.9 Å². The molecule has 0 radical (unpaired) electrons. The first-order chi connectivity index (χ1) is 12.3. The Balaban J connectivity index is 1.77. The van der Waals surface area contributed by atoms with Crippen LogP contribution in [-0.4, -0.2) is 19.7 Å². The van der Waals surface area contributed by atoms with Crippen LogP contribution in [0.15, 0.2) is 36.8 Å². The zero-order chi connectivity index (χ0) is 18.8. The topological polar surface area (TPSA) is 55.6 Å². The molecule has 2 heterocycles. The fraction of sp³-hybridized carbons (Fsp3) is 0.350. The van der Waals surface area contributed by atoms with Crippen LogP contribution in [0.1, 0.15) is 54.1 Å². The van der Waals surface area contributed by atoms with Gasteiger partial charge in [-0.3, -0.25) is 0 Å². The summed E-state index contributed by atoms with van der Waals surface area (Å²) in [5, 5.41) is 7.67. The Morgan fingerprint density at radius 3 is 2.46 bits per heavy atom. The Morgan fingerprint density at radius 2 is 1.85 bits per heavy atom. The summed E-state index contributed by atoms with van der Waals surface area (Å²) < 4.78 is 16.1. The summed E-state index contributed by atoms with van der Waals surface area (Å²) in [6.45, 7) is 9.87. The van der Waals surface area contributed by atoms with Crippen molar-refractivity contribution in [2.24, 2.45) is 0 Å². The highest BCUT2D eigenvalue weighted by Gasteiger charge is 2.16. The van der Waals surface area contributed by atoms with E-state index in [1.807, 2.05) is 46.2 Å². The molecular weight excluding hydrogens is 329 g/mol. The number of aromatic nitrogens is 4. The Bertz CT molecular complexity index is 918. The highest BCUT2D eigenvalue weighted by atomic mass is 19.1. The molecule has 0 fully saturated rings. The number of rotatable bonds is 5. The number of hydrogen-bond donors (Lipinski definition) is 1. The number of aryl methyl sites for hydroxylation is 3. The predicted octanol–water partition coefficient (Wildman–Crippen LogP) is 4.14. The van der Waals surface area contributed by atoms with Crippen LogP contribution in [0.4, 0.5) is 4.39 Å². The van der Waals surface area contributed by atoms with Crippen molar-refractivity contribution in [3.05, 3.63) is 70.8 Å². The van der Waals surface area contributed by atoms with E-state index >= 15 is 0 Å². The standard InChI is InChI=1S/C20H24FN5/c1-12-9-23-26(11-12)20-7-6-17(8-19(20)21)13(2)24-14(3)18-10-22-16(5)25-15(18)4/h6-11,13-14,24H,1-5H3/t13-,14-/m0/s1. The van der Waals surface area contributed by atoms with Gasteiger partial charge in [0, 0.05) is 35.7 Å². The molecular formula is C20H24FN5. The first kappa shape index (κ1) is 18.2. The molecule has 1 N–H and O–H groups in total. The summed E-state index contributed by atoms with van der Waals surface area (Å²) in [7, 11) is 0. The molecule has 0 saturated heterocycles. The molecule has 6 heteroatoms. The second kappa shape index (κ2) is 7.33. The molecule has 0 spiro atoms. The Hall–Kier alpha value is -2.60. The average molecular weight is 353 g/mol. The van der Waals surface area contributed by atoms with Crippen molar-refractivity contribution in [3.63, 3.8) is 0 Å². The minimum absolute atomic E-state index is 0.0198. The van der Waals surface area contributed by atoms with Crippen molar-refractivity contribution < 1.29 is 4.39 Å². The summed E-state index contributed by atoms with van der Waals surface area (Å²) in [6.07, 6.45) is 5.37. The van der Waals surface area contributed by atoms with Crippen LogP contribution in [0, 0.1) is 26.6 Å². The van der Waals surface area contributed by atoms with Crippen molar-refractivity contribution in [3.8, 4) is 5.69 Å². The molecule has 0 aliphatic rings. The van der Waals surface area contributed by atoms with Crippen molar-refractivity contribution in [1.82, 2.24) is 25.1 Å². The Kier molecular flexibility index (Phi) is 5.13. The number of nitrogens with one attached hydrogen (secondary N) is 1. The largest absolute Gasteiger partial charge is 0.304 e. The Labute approximate surface area is 153 Å². The quantitative estimate of drug-likeness (QED) is 0.749. The van der Waals surface area contributed by atoms with Crippen LogP contribution >= 0.6 is 0 Å². The molecule has 3 rings (SSSR count). The summed E-state index contributed by atoms with van der Waals surface area (Å²) in [6, 6.07) is 5.30. The highest BCUT2D eigenvalue weighted by Crippen LogP contribution is 2.23. The van der Waals surface area contributed by atoms with E-state index in [-0.39, 0.29) is 17.9 Å². The maximum atomic E-state index is 14.6. The van der Waals surface area contributed by atoms with Crippen LogP contribution in [-0.2, 0) is 0 Å². The highest BCUT2D eigenvalue weighted by molar-refractivity contribution is 5.37. The number of nitrogens with zero attached hydrogens (tertiary/aromatic N) is 4. The van der Waals surface area contributed by atoms with E-state index in [0.29, 0.717) is 5.69 Å². The fourth-order valence-electron chi connectivity index (χ4n) is 3.10. The second-order valence-corrected chi connectivity index (χ2v) is 6.74. The second-order valence-electron chi connectivity index (χ2n) is 6.74. The minimum Gasteiger partial charge on any atom is -0.304 e. The smallest absolute Gasteiger partial charge is 0.149 e. The average Bonchev–Trinajstić information content (AvgIpc) is 3.00. The number of benzene rings is 1. The summed E-state index contributed by atoms with van der Waals surface area (Å²) in [5.74, 6) is 0.472. The fourth-order valence-corrected chi connectivity index (χ4v) is 3.10. The van der Waals surface area contributed by atoms with Crippen molar-refractivity contribution >= 4 is 0 Å². The van der Waals surface area contributed by atoms with E-state index in [9.17, 15) is 4.39 Å². The van der Waals surface area contributed by atoms with Crippen LogP contribution in [0.3, 0.4) is 0 Å². The van der Waals surface area contributed by atoms with Gasteiger partial charge in [0.25, 0.3) is 0 Å². The molecule has 136 valence electrons. The maximum Gasteiger partial charge on any atom is 0.149 e. The van der Waals surface area contributed by atoms with E-state index < -0.39 is 0 Å². The molecule has 2 aromatic heterocycles. The van der Waals surface area contributed by atoms with Crippen LogP contribution in [0.25, 0.3) is 5.69 Å².